The molecule has 4 nitrogen and oxygen atoms in total. The van der Waals surface area contributed by atoms with E-state index >= 15 is 0 Å². The third-order valence-electron chi connectivity index (χ3n) is 4.10. The number of hydrogen-bond donors (Lipinski definition) is 2. The first-order chi connectivity index (χ1) is 8.63. The molecule has 0 atom stereocenters. The Balaban J connectivity index is 1.78. The number of imidazole rings is 1. The van der Waals surface area contributed by atoms with Crippen LogP contribution in [0.25, 0.3) is 0 Å². The number of aromatic nitrogens is 2. The van der Waals surface area contributed by atoms with Crippen molar-refractivity contribution in [2.24, 2.45) is 5.92 Å². The van der Waals surface area contributed by atoms with Gasteiger partial charge in [-0.05, 0) is 38.5 Å². The van der Waals surface area contributed by atoms with Gasteiger partial charge in [-0.25, -0.2) is 4.98 Å². The average Bonchev–Trinajstić information content (AvgIpc) is 2.81. The molecular weight excluding hydrogens is 226 g/mol. The minimum Gasteiger partial charge on any atom is -0.389 e. The minimum absolute atomic E-state index is 0.496. The van der Waals surface area contributed by atoms with Crippen LogP contribution in [0.5, 0.6) is 0 Å². The number of aliphatic hydroxyl groups is 1. The summed E-state index contributed by atoms with van der Waals surface area (Å²) in [6.45, 7) is 6.80. The van der Waals surface area contributed by atoms with Crippen molar-refractivity contribution in [1.29, 1.82) is 0 Å². The van der Waals surface area contributed by atoms with Gasteiger partial charge in [0, 0.05) is 25.8 Å². The maximum atomic E-state index is 10.5. The van der Waals surface area contributed by atoms with Crippen molar-refractivity contribution in [1.82, 2.24) is 14.9 Å². The van der Waals surface area contributed by atoms with E-state index in [2.05, 4.69) is 28.7 Å². The van der Waals surface area contributed by atoms with E-state index in [1.807, 2.05) is 12.5 Å². The smallest absolute Gasteiger partial charge is 0.0948 e. The Kier molecular flexibility index (Phi) is 4.40. The van der Waals surface area contributed by atoms with Gasteiger partial charge in [0.2, 0.25) is 0 Å². The summed E-state index contributed by atoms with van der Waals surface area (Å²) in [5.74, 6) is 0.770. The number of aryl methyl sites for hydroxylation is 1. The molecule has 0 saturated heterocycles. The Morgan fingerprint density at radius 2 is 2.22 bits per heavy atom. The van der Waals surface area contributed by atoms with Crippen molar-refractivity contribution < 1.29 is 5.11 Å². The molecule has 1 fully saturated rings. The van der Waals surface area contributed by atoms with Gasteiger partial charge >= 0.3 is 0 Å². The van der Waals surface area contributed by atoms with E-state index in [-0.39, 0.29) is 0 Å². The predicted molar refractivity (Wildman–Crippen MR) is 72.2 cm³/mol. The van der Waals surface area contributed by atoms with E-state index < -0.39 is 5.60 Å². The van der Waals surface area contributed by atoms with Crippen LogP contribution >= 0.6 is 0 Å². The molecule has 0 unspecified atom stereocenters. The fourth-order valence-corrected chi connectivity index (χ4v) is 2.68. The van der Waals surface area contributed by atoms with Gasteiger partial charge in [-0.15, -0.1) is 0 Å². The van der Waals surface area contributed by atoms with E-state index in [4.69, 9.17) is 0 Å². The summed E-state index contributed by atoms with van der Waals surface area (Å²) in [5, 5.41) is 13.8. The van der Waals surface area contributed by atoms with Crippen LogP contribution in [0.1, 0.15) is 45.2 Å². The fraction of sp³-hybridized carbons (Fsp3) is 0.786. The second-order valence-electron chi connectivity index (χ2n) is 5.68. The van der Waals surface area contributed by atoms with Gasteiger partial charge in [0.05, 0.1) is 17.6 Å². The lowest BCUT2D eigenvalue weighted by Crippen LogP contribution is -2.43. The number of nitrogens with one attached hydrogen (secondary N) is 1. The highest BCUT2D eigenvalue weighted by Crippen LogP contribution is 2.31. The quantitative estimate of drug-likeness (QED) is 0.841. The first kappa shape index (κ1) is 13.6. The Labute approximate surface area is 109 Å². The Morgan fingerprint density at radius 3 is 2.89 bits per heavy atom. The lowest BCUT2D eigenvalue weighted by atomic mass is 9.79. The van der Waals surface area contributed by atoms with Gasteiger partial charge < -0.3 is 15.0 Å². The molecule has 1 aliphatic rings. The van der Waals surface area contributed by atoms with Crippen LogP contribution in [-0.2, 0) is 13.1 Å². The average molecular weight is 251 g/mol. The van der Waals surface area contributed by atoms with Gasteiger partial charge in [0.25, 0.3) is 0 Å². The van der Waals surface area contributed by atoms with E-state index in [0.29, 0.717) is 6.54 Å². The summed E-state index contributed by atoms with van der Waals surface area (Å²) in [4.78, 5) is 4.15. The van der Waals surface area contributed by atoms with Crippen molar-refractivity contribution in [2.45, 2.75) is 58.2 Å². The monoisotopic (exact) mass is 251 g/mol. The molecule has 0 spiro atoms. The van der Waals surface area contributed by atoms with Crippen LogP contribution in [0.15, 0.2) is 12.5 Å². The van der Waals surface area contributed by atoms with E-state index in [0.717, 1.165) is 44.7 Å². The van der Waals surface area contributed by atoms with Crippen molar-refractivity contribution >= 4 is 0 Å². The van der Waals surface area contributed by atoms with Crippen LogP contribution in [0, 0.1) is 5.92 Å². The molecular formula is C14H25N3O. The highest BCUT2D eigenvalue weighted by atomic mass is 16.3. The van der Waals surface area contributed by atoms with E-state index in [1.165, 1.54) is 5.69 Å². The zero-order chi connectivity index (χ0) is 13.0. The summed E-state index contributed by atoms with van der Waals surface area (Å²) in [7, 11) is 0. The fourth-order valence-electron chi connectivity index (χ4n) is 2.68. The van der Waals surface area contributed by atoms with Crippen LogP contribution < -0.4 is 5.32 Å². The molecule has 0 bridgehead atoms. The number of rotatable bonds is 5. The zero-order valence-corrected chi connectivity index (χ0v) is 11.5. The van der Waals surface area contributed by atoms with Crippen molar-refractivity contribution in [2.75, 3.05) is 6.54 Å². The number of nitrogens with zero attached hydrogens (tertiary/aromatic N) is 2. The number of hydrogen-bond acceptors (Lipinski definition) is 3. The summed E-state index contributed by atoms with van der Waals surface area (Å²) in [5.41, 5.74) is 0.689. The summed E-state index contributed by atoms with van der Waals surface area (Å²) >= 11 is 0. The topological polar surface area (TPSA) is 50.1 Å². The van der Waals surface area contributed by atoms with Crippen LogP contribution in [0.4, 0.5) is 0 Å². The molecule has 2 N–H and O–H groups in total. The molecule has 2 rings (SSSR count). The zero-order valence-electron chi connectivity index (χ0n) is 11.5. The summed E-state index contributed by atoms with van der Waals surface area (Å²) < 4.78 is 2.12. The highest BCUT2D eigenvalue weighted by Gasteiger charge is 2.31. The molecule has 4 heteroatoms. The molecule has 0 aromatic carbocycles. The van der Waals surface area contributed by atoms with Gasteiger partial charge in [-0.1, -0.05) is 6.92 Å². The SMILES string of the molecule is CCn1cncc1CNCC1(O)CCC(C)CC1. The molecule has 1 aromatic heterocycles. The van der Waals surface area contributed by atoms with Crippen LogP contribution in [0.2, 0.25) is 0 Å². The predicted octanol–water partition coefficient (Wildman–Crippen LogP) is 1.93. The highest BCUT2D eigenvalue weighted by molar-refractivity contribution is 4.98. The molecule has 0 amide bonds. The maximum absolute atomic E-state index is 10.5. The lowest BCUT2D eigenvalue weighted by molar-refractivity contribution is -0.00639. The second kappa shape index (κ2) is 5.85. The minimum atomic E-state index is -0.496. The third-order valence-corrected chi connectivity index (χ3v) is 4.10. The van der Waals surface area contributed by atoms with Crippen LogP contribution in [0.3, 0.4) is 0 Å². The molecule has 102 valence electrons. The molecule has 1 saturated carbocycles. The Hall–Kier alpha value is -0.870. The third kappa shape index (κ3) is 3.33. The summed E-state index contributed by atoms with van der Waals surface area (Å²) in [6.07, 6.45) is 7.88. The van der Waals surface area contributed by atoms with Gasteiger partial charge in [-0.3, -0.25) is 0 Å². The van der Waals surface area contributed by atoms with E-state index in [9.17, 15) is 5.11 Å². The summed E-state index contributed by atoms with van der Waals surface area (Å²) in [6, 6.07) is 0. The van der Waals surface area contributed by atoms with E-state index in [1.54, 1.807) is 0 Å². The second-order valence-corrected chi connectivity index (χ2v) is 5.68. The molecule has 0 aliphatic heterocycles. The van der Waals surface area contributed by atoms with Crippen molar-refractivity contribution in [3.05, 3.63) is 18.2 Å². The largest absolute Gasteiger partial charge is 0.389 e. The normalized spacial score (nSPS) is 28.5. The Bertz CT molecular complexity index is 367. The van der Waals surface area contributed by atoms with Crippen LogP contribution in [-0.4, -0.2) is 26.8 Å². The van der Waals surface area contributed by atoms with Crippen molar-refractivity contribution in [3.8, 4) is 0 Å². The Morgan fingerprint density at radius 1 is 1.50 bits per heavy atom. The molecule has 1 heterocycles. The standard InChI is InChI=1S/C14H25N3O/c1-3-17-11-16-9-13(17)8-15-10-14(18)6-4-12(2)5-7-14/h9,11-12,15,18H,3-8,10H2,1-2H3. The first-order valence-corrected chi connectivity index (χ1v) is 7.05. The van der Waals surface area contributed by atoms with Gasteiger partial charge in [0.15, 0.2) is 0 Å². The van der Waals surface area contributed by atoms with Gasteiger partial charge in [-0.2, -0.15) is 0 Å². The molecule has 0 radical (unpaired) electrons. The first-order valence-electron chi connectivity index (χ1n) is 7.05. The molecule has 1 aliphatic carbocycles. The van der Waals surface area contributed by atoms with Crippen molar-refractivity contribution in [3.63, 3.8) is 0 Å². The maximum Gasteiger partial charge on any atom is 0.0948 e. The molecule has 1 aromatic rings. The lowest BCUT2D eigenvalue weighted by Gasteiger charge is -2.35. The molecule has 18 heavy (non-hydrogen) atoms. The van der Waals surface area contributed by atoms with Gasteiger partial charge in [0.1, 0.15) is 0 Å².